The second kappa shape index (κ2) is 5.76. The number of hydrogen-bond acceptors (Lipinski definition) is 2. The summed E-state index contributed by atoms with van der Waals surface area (Å²) in [6, 6.07) is 15.7. The molecular formula is C17H14BrClN2. The smallest absolute Gasteiger partial charge is 0.0705 e. The average molecular weight is 362 g/mol. The number of rotatable bonds is 2. The van der Waals surface area contributed by atoms with Crippen molar-refractivity contribution < 1.29 is 0 Å². The number of aromatic nitrogens is 1. The molecule has 4 heteroatoms. The van der Waals surface area contributed by atoms with Gasteiger partial charge in [0.25, 0.3) is 0 Å². The van der Waals surface area contributed by atoms with Crippen LogP contribution in [0.25, 0.3) is 10.9 Å². The summed E-state index contributed by atoms with van der Waals surface area (Å²) in [5, 5.41) is 1.75. The summed E-state index contributed by atoms with van der Waals surface area (Å²) < 4.78 is 0.946. The maximum Gasteiger partial charge on any atom is 0.0705 e. The van der Waals surface area contributed by atoms with Gasteiger partial charge in [0.05, 0.1) is 11.6 Å². The fraction of sp³-hybridized carbons (Fsp3) is 0.118. The van der Waals surface area contributed by atoms with Crippen molar-refractivity contribution >= 4 is 38.4 Å². The largest absolute Gasteiger partial charge is 0.320 e. The molecule has 3 aromatic rings. The zero-order chi connectivity index (χ0) is 15.0. The van der Waals surface area contributed by atoms with Crippen LogP contribution in [-0.2, 0) is 0 Å². The molecule has 106 valence electrons. The Balaban J connectivity index is 2.04. The zero-order valence-corrected chi connectivity index (χ0v) is 13.8. The maximum atomic E-state index is 6.37. The molecule has 0 amide bonds. The van der Waals surface area contributed by atoms with E-state index in [0.717, 1.165) is 32.2 Å². The number of aryl methyl sites for hydroxylation is 1. The Kier molecular flexibility index (Phi) is 3.98. The van der Waals surface area contributed by atoms with Crippen molar-refractivity contribution in [2.45, 2.75) is 13.0 Å². The van der Waals surface area contributed by atoms with Gasteiger partial charge in [-0.1, -0.05) is 45.7 Å². The number of hydrogen-bond donors (Lipinski definition) is 1. The van der Waals surface area contributed by atoms with Gasteiger partial charge in [0.15, 0.2) is 0 Å². The lowest BCUT2D eigenvalue weighted by Crippen LogP contribution is -2.12. The highest BCUT2D eigenvalue weighted by molar-refractivity contribution is 9.10. The van der Waals surface area contributed by atoms with E-state index in [1.54, 1.807) is 0 Å². The third kappa shape index (κ3) is 2.95. The molecule has 2 aromatic carbocycles. The Labute approximate surface area is 137 Å². The van der Waals surface area contributed by atoms with Gasteiger partial charge in [-0.15, -0.1) is 0 Å². The highest BCUT2D eigenvalue weighted by Crippen LogP contribution is 2.30. The Morgan fingerprint density at radius 1 is 1.10 bits per heavy atom. The van der Waals surface area contributed by atoms with Crippen molar-refractivity contribution in [3.63, 3.8) is 0 Å². The van der Waals surface area contributed by atoms with Gasteiger partial charge in [0.2, 0.25) is 0 Å². The van der Waals surface area contributed by atoms with E-state index in [2.05, 4.69) is 33.0 Å². The lowest BCUT2D eigenvalue weighted by Gasteiger charge is -2.15. The predicted octanol–water partition coefficient (Wildman–Crippen LogP) is 5.01. The van der Waals surface area contributed by atoms with Crippen molar-refractivity contribution in [3.8, 4) is 0 Å². The molecule has 3 rings (SSSR count). The van der Waals surface area contributed by atoms with Crippen LogP contribution in [0.15, 0.2) is 53.0 Å². The average Bonchev–Trinajstić information content (AvgIpc) is 2.46. The van der Waals surface area contributed by atoms with E-state index in [0.29, 0.717) is 5.02 Å². The van der Waals surface area contributed by atoms with Crippen LogP contribution in [0.1, 0.15) is 22.9 Å². The molecule has 0 aliphatic rings. The summed E-state index contributed by atoms with van der Waals surface area (Å²) in [6.07, 6.45) is 0. The molecule has 0 saturated carbocycles. The Hall–Kier alpha value is -1.42. The van der Waals surface area contributed by atoms with Gasteiger partial charge >= 0.3 is 0 Å². The van der Waals surface area contributed by atoms with Gasteiger partial charge in [-0.05, 0) is 48.4 Å². The third-order valence-electron chi connectivity index (χ3n) is 3.51. The predicted molar refractivity (Wildman–Crippen MR) is 91.7 cm³/mol. The number of fused-ring (bicyclic) bond motifs is 1. The monoisotopic (exact) mass is 360 g/mol. The van der Waals surface area contributed by atoms with Gasteiger partial charge < -0.3 is 5.73 Å². The van der Waals surface area contributed by atoms with E-state index in [4.69, 9.17) is 17.3 Å². The minimum atomic E-state index is -0.253. The Morgan fingerprint density at radius 3 is 2.67 bits per heavy atom. The minimum absolute atomic E-state index is 0.253. The first-order valence-corrected chi connectivity index (χ1v) is 7.79. The molecular weight excluding hydrogens is 348 g/mol. The molecule has 1 heterocycles. The number of nitrogens with zero attached hydrogens (tertiary/aromatic N) is 1. The Morgan fingerprint density at radius 2 is 1.90 bits per heavy atom. The molecule has 0 radical (unpaired) electrons. The van der Waals surface area contributed by atoms with E-state index in [1.165, 1.54) is 0 Å². The molecule has 2 nitrogen and oxygen atoms in total. The second-order valence-corrected chi connectivity index (χ2v) is 6.37. The summed E-state index contributed by atoms with van der Waals surface area (Å²) >= 11 is 9.70. The van der Waals surface area contributed by atoms with Crippen LogP contribution in [0.3, 0.4) is 0 Å². The van der Waals surface area contributed by atoms with E-state index >= 15 is 0 Å². The molecule has 0 bridgehead atoms. The minimum Gasteiger partial charge on any atom is -0.320 e. The van der Waals surface area contributed by atoms with Crippen LogP contribution in [-0.4, -0.2) is 4.98 Å². The molecule has 0 saturated heterocycles. The van der Waals surface area contributed by atoms with Crippen molar-refractivity contribution in [2.24, 2.45) is 5.73 Å². The van der Waals surface area contributed by atoms with Gasteiger partial charge in [-0.25, -0.2) is 0 Å². The van der Waals surface area contributed by atoms with E-state index in [9.17, 15) is 0 Å². The fourth-order valence-electron chi connectivity index (χ4n) is 2.37. The first-order valence-electron chi connectivity index (χ1n) is 6.62. The summed E-state index contributed by atoms with van der Waals surface area (Å²) in [7, 11) is 0. The van der Waals surface area contributed by atoms with Crippen molar-refractivity contribution in [3.05, 3.63) is 74.8 Å². The number of pyridine rings is 1. The molecule has 0 spiro atoms. The van der Waals surface area contributed by atoms with Gasteiger partial charge in [0.1, 0.15) is 0 Å². The third-order valence-corrected chi connectivity index (χ3v) is 4.33. The lowest BCUT2D eigenvalue weighted by molar-refractivity contribution is 0.873. The first-order chi connectivity index (χ1) is 10.0. The van der Waals surface area contributed by atoms with Crippen molar-refractivity contribution in [1.82, 2.24) is 4.98 Å². The summed E-state index contributed by atoms with van der Waals surface area (Å²) in [6.45, 7) is 1.99. The quantitative estimate of drug-likeness (QED) is 0.697. The molecule has 21 heavy (non-hydrogen) atoms. The van der Waals surface area contributed by atoms with Gasteiger partial charge in [0, 0.05) is 20.6 Å². The van der Waals surface area contributed by atoms with Crippen LogP contribution >= 0.6 is 27.5 Å². The van der Waals surface area contributed by atoms with E-state index in [-0.39, 0.29) is 6.04 Å². The SMILES string of the molecule is Cc1ccc2cc(C(N)c3ccc(Br)cc3Cl)ccc2n1. The summed E-state index contributed by atoms with van der Waals surface area (Å²) in [5.41, 5.74) is 10.3. The molecule has 0 aliphatic carbocycles. The molecule has 2 N–H and O–H groups in total. The van der Waals surface area contributed by atoms with Crippen LogP contribution < -0.4 is 5.73 Å². The first kappa shape index (κ1) is 14.5. The van der Waals surface area contributed by atoms with Crippen LogP contribution in [0.4, 0.5) is 0 Å². The highest BCUT2D eigenvalue weighted by atomic mass is 79.9. The van der Waals surface area contributed by atoms with Crippen LogP contribution in [0.5, 0.6) is 0 Å². The second-order valence-electron chi connectivity index (χ2n) is 5.05. The highest BCUT2D eigenvalue weighted by Gasteiger charge is 2.13. The van der Waals surface area contributed by atoms with Crippen molar-refractivity contribution in [2.75, 3.05) is 0 Å². The number of halogens is 2. The maximum absolute atomic E-state index is 6.37. The molecule has 1 unspecified atom stereocenters. The molecule has 0 aliphatic heterocycles. The van der Waals surface area contributed by atoms with Gasteiger partial charge in [-0.2, -0.15) is 0 Å². The summed E-state index contributed by atoms with van der Waals surface area (Å²) in [5.74, 6) is 0. The topological polar surface area (TPSA) is 38.9 Å². The van der Waals surface area contributed by atoms with Gasteiger partial charge in [-0.3, -0.25) is 4.98 Å². The normalized spacial score (nSPS) is 12.6. The molecule has 1 atom stereocenters. The van der Waals surface area contributed by atoms with Crippen molar-refractivity contribution in [1.29, 1.82) is 0 Å². The van der Waals surface area contributed by atoms with E-state index < -0.39 is 0 Å². The van der Waals surface area contributed by atoms with Crippen LogP contribution in [0, 0.1) is 6.92 Å². The standard InChI is InChI=1S/C17H14BrClN2/c1-10-2-3-11-8-12(4-7-16(11)21-10)17(20)14-6-5-13(18)9-15(14)19/h2-9,17H,20H2,1H3. The van der Waals surface area contributed by atoms with Crippen LogP contribution in [0.2, 0.25) is 5.02 Å². The zero-order valence-electron chi connectivity index (χ0n) is 11.5. The Bertz CT molecular complexity index is 817. The molecule has 0 fully saturated rings. The number of benzene rings is 2. The summed E-state index contributed by atoms with van der Waals surface area (Å²) in [4.78, 5) is 4.50. The van der Waals surface area contributed by atoms with E-state index in [1.807, 2.05) is 43.3 Å². The fourth-order valence-corrected chi connectivity index (χ4v) is 3.16. The molecule has 1 aromatic heterocycles. The lowest BCUT2D eigenvalue weighted by atomic mass is 9.98. The number of nitrogens with two attached hydrogens (primary N) is 1.